The van der Waals surface area contributed by atoms with Crippen molar-refractivity contribution in [2.24, 2.45) is 0 Å². The van der Waals surface area contributed by atoms with E-state index in [1.807, 2.05) is 0 Å². The van der Waals surface area contributed by atoms with Gasteiger partial charge in [-0.3, -0.25) is 9.48 Å². The van der Waals surface area contributed by atoms with E-state index in [4.69, 9.17) is 5.73 Å². The second-order valence-electron chi connectivity index (χ2n) is 3.91. The Morgan fingerprint density at radius 1 is 1.39 bits per heavy atom. The molecule has 1 rings (SSSR count). The van der Waals surface area contributed by atoms with Crippen molar-refractivity contribution in [3.8, 4) is 0 Å². The molecule has 0 aliphatic carbocycles. The van der Waals surface area contributed by atoms with E-state index >= 15 is 0 Å². The van der Waals surface area contributed by atoms with Crippen LogP contribution in [0.5, 0.6) is 0 Å². The number of nitrogens with zero attached hydrogens (tertiary/aromatic N) is 3. The number of carbonyl (C=O) groups excluding carboxylic acids is 2. The molecule has 0 atom stereocenters. The molecule has 1 aromatic heterocycles. The zero-order valence-corrected chi connectivity index (χ0v) is 10.5. The lowest BCUT2D eigenvalue weighted by molar-refractivity contribution is -0.121. The van der Waals surface area contributed by atoms with Crippen LogP contribution < -0.4 is 16.4 Å². The number of hydrogen-bond acceptors (Lipinski definition) is 4. The number of nitrogen functional groups attached to an aromatic ring is 1. The molecular formula is C10H18N6O2. The fourth-order valence-electron chi connectivity index (χ4n) is 1.20. The highest BCUT2D eigenvalue weighted by atomic mass is 16.2. The van der Waals surface area contributed by atoms with Gasteiger partial charge in [0.25, 0.3) is 0 Å². The Morgan fingerprint density at radius 2 is 2.06 bits per heavy atom. The molecule has 100 valence electrons. The van der Waals surface area contributed by atoms with Gasteiger partial charge in [-0.25, -0.2) is 4.79 Å². The Bertz CT molecular complexity index is 414. The van der Waals surface area contributed by atoms with E-state index in [-0.39, 0.29) is 18.5 Å². The maximum absolute atomic E-state index is 11.5. The van der Waals surface area contributed by atoms with Crippen LogP contribution in [0.3, 0.4) is 0 Å². The van der Waals surface area contributed by atoms with Gasteiger partial charge < -0.3 is 21.3 Å². The van der Waals surface area contributed by atoms with Crippen molar-refractivity contribution < 1.29 is 9.59 Å². The number of amides is 3. The van der Waals surface area contributed by atoms with Crippen molar-refractivity contribution in [2.45, 2.75) is 6.54 Å². The van der Waals surface area contributed by atoms with Gasteiger partial charge in [-0.2, -0.15) is 5.10 Å². The summed E-state index contributed by atoms with van der Waals surface area (Å²) in [4.78, 5) is 24.0. The fourth-order valence-corrected chi connectivity index (χ4v) is 1.20. The third-order valence-corrected chi connectivity index (χ3v) is 2.10. The van der Waals surface area contributed by atoms with Crippen LogP contribution in [0.2, 0.25) is 0 Å². The van der Waals surface area contributed by atoms with E-state index in [1.165, 1.54) is 9.58 Å². The minimum Gasteiger partial charge on any atom is -0.382 e. The van der Waals surface area contributed by atoms with Gasteiger partial charge in [0, 0.05) is 33.4 Å². The Balaban J connectivity index is 2.16. The van der Waals surface area contributed by atoms with Gasteiger partial charge in [0.2, 0.25) is 5.91 Å². The Labute approximate surface area is 105 Å². The van der Waals surface area contributed by atoms with Gasteiger partial charge in [0.1, 0.15) is 12.4 Å². The molecular weight excluding hydrogens is 236 g/mol. The Hall–Kier alpha value is -2.25. The molecule has 0 aliphatic heterocycles. The maximum Gasteiger partial charge on any atom is 0.316 e. The molecule has 0 fully saturated rings. The van der Waals surface area contributed by atoms with Crippen LogP contribution in [0.25, 0.3) is 0 Å². The van der Waals surface area contributed by atoms with Crippen molar-refractivity contribution in [1.29, 1.82) is 0 Å². The molecule has 0 aliphatic rings. The predicted molar refractivity (Wildman–Crippen MR) is 66.7 cm³/mol. The zero-order valence-electron chi connectivity index (χ0n) is 10.5. The molecule has 0 bridgehead atoms. The molecule has 3 amide bonds. The topological polar surface area (TPSA) is 105 Å². The van der Waals surface area contributed by atoms with Crippen molar-refractivity contribution in [3.05, 3.63) is 12.3 Å². The van der Waals surface area contributed by atoms with E-state index in [9.17, 15) is 9.59 Å². The van der Waals surface area contributed by atoms with Crippen LogP contribution >= 0.6 is 0 Å². The average Bonchev–Trinajstić information content (AvgIpc) is 2.69. The second kappa shape index (κ2) is 6.48. The summed E-state index contributed by atoms with van der Waals surface area (Å²) >= 11 is 0. The van der Waals surface area contributed by atoms with Gasteiger partial charge in [-0.15, -0.1) is 0 Å². The van der Waals surface area contributed by atoms with Crippen molar-refractivity contribution in [3.63, 3.8) is 0 Å². The SMILES string of the molecule is CN(C)C(=O)NCCNC(=O)Cn1ccc(N)n1. The van der Waals surface area contributed by atoms with E-state index in [2.05, 4.69) is 15.7 Å². The third-order valence-electron chi connectivity index (χ3n) is 2.10. The van der Waals surface area contributed by atoms with Crippen LogP contribution in [0.1, 0.15) is 0 Å². The molecule has 1 heterocycles. The van der Waals surface area contributed by atoms with Crippen LogP contribution in [-0.4, -0.2) is 53.8 Å². The molecule has 0 saturated carbocycles. The van der Waals surface area contributed by atoms with Gasteiger partial charge in [-0.05, 0) is 6.07 Å². The summed E-state index contributed by atoms with van der Waals surface area (Å²) in [5.41, 5.74) is 5.42. The van der Waals surface area contributed by atoms with Crippen molar-refractivity contribution in [2.75, 3.05) is 32.9 Å². The normalized spacial score (nSPS) is 9.89. The second-order valence-corrected chi connectivity index (χ2v) is 3.91. The lowest BCUT2D eigenvalue weighted by Crippen LogP contribution is -2.40. The monoisotopic (exact) mass is 254 g/mol. The van der Waals surface area contributed by atoms with Crippen LogP contribution in [0.4, 0.5) is 10.6 Å². The average molecular weight is 254 g/mol. The molecule has 0 aromatic carbocycles. The summed E-state index contributed by atoms with van der Waals surface area (Å²) in [6, 6.07) is 1.43. The van der Waals surface area contributed by atoms with E-state index in [0.29, 0.717) is 18.9 Å². The van der Waals surface area contributed by atoms with Crippen LogP contribution in [-0.2, 0) is 11.3 Å². The molecule has 8 nitrogen and oxygen atoms in total. The third kappa shape index (κ3) is 4.73. The lowest BCUT2D eigenvalue weighted by atomic mass is 10.5. The first-order valence-corrected chi connectivity index (χ1v) is 5.50. The van der Waals surface area contributed by atoms with Gasteiger partial charge in [0.15, 0.2) is 0 Å². The number of anilines is 1. The zero-order chi connectivity index (χ0) is 13.5. The number of aromatic nitrogens is 2. The summed E-state index contributed by atoms with van der Waals surface area (Å²) in [5, 5.41) is 9.18. The quantitative estimate of drug-likeness (QED) is 0.577. The van der Waals surface area contributed by atoms with Crippen LogP contribution in [0.15, 0.2) is 12.3 Å². The maximum atomic E-state index is 11.5. The summed E-state index contributed by atoms with van der Waals surface area (Å²) in [6.45, 7) is 0.859. The molecule has 1 aromatic rings. The summed E-state index contributed by atoms with van der Waals surface area (Å²) in [5.74, 6) is 0.193. The highest BCUT2D eigenvalue weighted by molar-refractivity contribution is 5.76. The number of rotatable bonds is 5. The first-order valence-electron chi connectivity index (χ1n) is 5.50. The van der Waals surface area contributed by atoms with E-state index in [0.717, 1.165) is 0 Å². The predicted octanol–water partition coefficient (Wildman–Crippen LogP) is -1.15. The smallest absolute Gasteiger partial charge is 0.316 e. The highest BCUT2D eigenvalue weighted by Crippen LogP contribution is 1.94. The molecule has 0 unspecified atom stereocenters. The lowest BCUT2D eigenvalue weighted by Gasteiger charge is -2.12. The van der Waals surface area contributed by atoms with Crippen molar-refractivity contribution in [1.82, 2.24) is 25.3 Å². The standard InChI is InChI=1S/C10H18N6O2/c1-15(2)10(18)13-5-4-12-9(17)7-16-6-3-8(11)14-16/h3,6H,4-5,7H2,1-2H3,(H2,11,14)(H,12,17)(H,13,18). The molecule has 8 heteroatoms. The molecule has 18 heavy (non-hydrogen) atoms. The number of carbonyl (C=O) groups is 2. The van der Waals surface area contributed by atoms with E-state index in [1.54, 1.807) is 26.4 Å². The van der Waals surface area contributed by atoms with Gasteiger partial charge in [-0.1, -0.05) is 0 Å². The first kappa shape index (κ1) is 13.8. The molecule has 4 N–H and O–H groups in total. The minimum absolute atomic E-state index is 0.110. The Kier molecular flexibility index (Phi) is 4.97. The van der Waals surface area contributed by atoms with Gasteiger partial charge >= 0.3 is 6.03 Å². The summed E-state index contributed by atoms with van der Waals surface area (Å²) in [6.07, 6.45) is 1.63. The number of nitrogens with one attached hydrogen (secondary N) is 2. The molecule has 0 radical (unpaired) electrons. The first-order chi connectivity index (χ1) is 8.49. The summed E-state index contributed by atoms with van der Waals surface area (Å²) in [7, 11) is 3.30. The minimum atomic E-state index is -0.191. The van der Waals surface area contributed by atoms with Crippen molar-refractivity contribution >= 4 is 17.8 Å². The number of hydrogen-bond donors (Lipinski definition) is 3. The molecule has 0 saturated heterocycles. The largest absolute Gasteiger partial charge is 0.382 e. The number of urea groups is 1. The van der Waals surface area contributed by atoms with Gasteiger partial charge in [0.05, 0.1) is 0 Å². The van der Waals surface area contributed by atoms with E-state index < -0.39 is 0 Å². The Morgan fingerprint density at radius 3 is 2.61 bits per heavy atom. The fraction of sp³-hybridized carbons (Fsp3) is 0.500. The van der Waals surface area contributed by atoms with Crippen LogP contribution in [0, 0.1) is 0 Å². The number of nitrogens with two attached hydrogens (primary N) is 1. The highest BCUT2D eigenvalue weighted by Gasteiger charge is 2.04. The summed E-state index contributed by atoms with van der Waals surface area (Å²) < 4.78 is 1.45. The molecule has 0 spiro atoms.